The predicted octanol–water partition coefficient (Wildman–Crippen LogP) is 3.81. The lowest BCUT2D eigenvalue weighted by atomic mass is 10.2. The fourth-order valence-corrected chi connectivity index (χ4v) is 2.64. The molecule has 7 heteroatoms. The zero-order valence-corrected chi connectivity index (χ0v) is 16.0. The van der Waals surface area contributed by atoms with Crippen molar-refractivity contribution in [2.45, 2.75) is 23.3 Å². The zero-order chi connectivity index (χ0) is 15.6. The molecule has 132 valence electrons. The van der Waals surface area contributed by atoms with E-state index in [9.17, 15) is 4.79 Å². The van der Waals surface area contributed by atoms with Crippen LogP contribution >= 0.6 is 36.6 Å². The Balaban J connectivity index is 0.00000264. The fourth-order valence-electron chi connectivity index (χ4n) is 1.87. The summed E-state index contributed by atoms with van der Waals surface area (Å²) in [5.41, 5.74) is 0.681. The molecule has 2 aromatic rings. The molecule has 0 saturated carbocycles. The first-order valence-corrected chi connectivity index (χ1v) is 8.29. The molecule has 1 aromatic heterocycles. The Morgan fingerprint density at radius 1 is 1.04 bits per heavy atom. The van der Waals surface area contributed by atoms with Gasteiger partial charge in [0.25, 0.3) is 5.91 Å². The summed E-state index contributed by atoms with van der Waals surface area (Å²) in [5, 5.41) is 7.11. The molecule has 4 nitrogen and oxygen atoms in total. The lowest BCUT2D eigenvalue weighted by Crippen LogP contribution is -2.32. The first-order valence-electron chi connectivity index (χ1n) is 7.47. The van der Waals surface area contributed by atoms with Gasteiger partial charge in [-0.1, -0.05) is 24.8 Å². The summed E-state index contributed by atoms with van der Waals surface area (Å²) in [5.74, 6) is -0.0346. The average molecular weight is 388 g/mol. The van der Waals surface area contributed by atoms with Crippen molar-refractivity contribution in [1.82, 2.24) is 15.6 Å². The number of aromatic nitrogens is 1. The van der Waals surface area contributed by atoms with E-state index in [1.165, 1.54) is 0 Å². The van der Waals surface area contributed by atoms with E-state index in [0.717, 1.165) is 29.4 Å². The molecular formula is C17H23Cl2N3OS. The van der Waals surface area contributed by atoms with Gasteiger partial charge in [0.05, 0.1) is 0 Å². The van der Waals surface area contributed by atoms with Crippen LogP contribution in [0.1, 0.15) is 23.7 Å². The van der Waals surface area contributed by atoms with Crippen LogP contribution in [0.3, 0.4) is 0 Å². The SMILES string of the molecule is CCCNCCNC(=O)c1ccc(Sc2ccccn2)cc1.Cl.Cl. The molecule has 0 radical (unpaired) electrons. The molecule has 0 aliphatic heterocycles. The number of carbonyl (C=O) groups is 1. The largest absolute Gasteiger partial charge is 0.351 e. The van der Waals surface area contributed by atoms with E-state index in [-0.39, 0.29) is 30.7 Å². The lowest BCUT2D eigenvalue weighted by Gasteiger charge is -2.07. The van der Waals surface area contributed by atoms with E-state index < -0.39 is 0 Å². The normalized spacial score (nSPS) is 9.54. The Labute approximate surface area is 160 Å². The number of pyridine rings is 1. The predicted molar refractivity (Wildman–Crippen MR) is 105 cm³/mol. The summed E-state index contributed by atoms with van der Waals surface area (Å²) in [6, 6.07) is 13.4. The van der Waals surface area contributed by atoms with E-state index in [2.05, 4.69) is 22.5 Å². The summed E-state index contributed by atoms with van der Waals surface area (Å²) < 4.78 is 0. The highest BCUT2D eigenvalue weighted by atomic mass is 35.5. The number of halogens is 2. The van der Waals surface area contributed by atoms with Gasteiger partial charge in [-0.3, -0.25) is 4.79 Å². The first-order chi connectivity index (χ1) is 10.8. The van der Waals surface area contributed by atoms with Crippen molar-refractivity contribution in [3.63, 3.8) is 0 Å². The van der Waals surface area contributed by atoms with Crippen molar-refractivity contribution >= 4 is 42.5 Å². The quantitative estimate of drug-likeness (QED) is 0.676. The number of hydrogen-bond donors (Lipinski definition) is 2. The Morgan fingerprint density at radius 3 is 2.42 bits per heavy atom. The first kappa shape index (κ1) is 22.7. The molecule has 0 unspecified atom stereocenters. The van der Waals surface area contributed by atoms with Gasteiger partial charge in [-0.25, -0.2) is 4.98 Å². The number of benzene rings is 1. The second-order valence-electron chi connectivity index (χ2n) is 4.80. The second-order valence-corrected chi connectivity index (χ2v) is 5.89. The van der Waals surface area contributed by atoms with E-state index in [1.807, 2.05) is 42.5 Å². The third kappa shape index (κ3) is 8.02. The molecule has 24 heavy (non-hydrogen) atoms. The summed E-state index contributed by atoms with van der Waals surface area (Å²) in [4.78, 5) is 17.3. The third-order valence-electron chi connectivity index (χ3n) is 2.99. The van der Waals surface area contributed by atoms with Crippen LogP contribution in [0.2, 0.25) is 0 Å². The third-order valence-corrected chi connectivity index (χ3v) is 3.95. The molecule has 1 amide bonds. The Bertz CT molecular complexity index is 582. The van der Waals surface area contributed by atoms with Crippen molar-refractivity contribution < 1.29 is 4.79 Å². The van der Waals surface area contributed by atoms with Gasteiger partial charge in [0.1, 0.15) is 5.03 Å². The van der Waals surface area contributed by atoms with Crippen LogP contribution in [0.4, 0.5) is 0 Å². The standard InChI is InChI=1S/C17H21N3OS.2ClH/c1-2-10-18-12-13-20-17(21)14-6-8-15(9-7-14)22-16-5-3-4-11-19-16;;/h3-9,11,18H,2,10,12-13H2,1H3,(H,20,21);2*1H. The molecular weight excluding hydrogens is 365 g/mol. The van der Waals surface area contributed by atoms with E-state index >= 15 is 0 Å². The van der Waals surface area contributed by atoms with Crippen LogP contribution < -0.4 is 10.6 Å². The molecule has 0 spiro atoms. The van der Waals surface area contributed by atoms with E-state index in [4.69, 9.17) is 0 Å². The maximum absolute atomic E-state index is 12.0. The van der Waals surface area contributed by atoms with Gasteiger partial charge in [-0.15, -0.1) is 24.8 Å². The summed E-state index contributed by atoms with van der Waals surface area (Å²) in [6.07, 6.45) is 2.88. The number of hydrogen-bond acceptors (Lipinski definition) is 4. The van der Waals surface area contributed by atoms with Crippen LogP contribution in [0, 0.1) is 0 Å². The Kier molecular flexibility index (Phi) is 12.4. The molecule has 0 atom stereocenters. The number of carbonyl (C=O) groups excluding carboxylic acids is 1. The van der Waals surface area contributed by atoms with Crippen LogP contribution in [0.15, 0.2) is 58.6 Å². The van der Waals surface area contributed by atoms with Crippen molar-refractivity contribution in [2.75, 3.05) is 19.6 Å². The van der Waals surface area contributed by atoms with E-state index in [1.54, 1.807) is 18.0 Å². The molecule has 1 heterocycles. The average Bonchev–Trinajstić information content (AvgIpc) is 2.56. The van der Waals surface area contributed by atoms with Crippen molar-refractivity contribution in [1.29, 1.82) is 0 Å². The minimum absolute atomic E-state index is 0. The molecule has 1 aromatic carbocycles. The van der Waals surface area contributed by atoms with Gasteiger partial charge in [-0.05, 0) is 49.4 Å². The van der Waals surface area contributed by atoms with Gasteiger partial charge in [0, 0.05) is 29.7 Å². The molecule has 2 rings (SSSR count). The summed E-state index contributed by atoms with van der Waals surface area (Å²) in [6.45, 7) is 4.54. The molecule has 2 N–H and O–H groups in total. The minimum Gasteiger partial charge on any atom is -0.351 e. The van der Waals surface area contributed by atoms with Gasteiger partial charge in [0.15, 0.2) is 0 Å². The number of nitrogens with one attached hydrogen (secondary N) is 2. The smallest absolute Gasteiger partial charge is 0.251 e. The van der Waals surface area contributed by atoms with Crippen LogP contribution in [-0.4, -0.2) is 30.5 Å². The highest BCUT2D eigenvalue weighted by Crippen LogP contribution is 2.25. The van der Waals surface area contributed by atoms with Crippen LogP contribution in [0.25, 0.3) is 0 Å². The molecule has 0 aliphatic carbocycles. The molecule has 0 saturated heterocycles. The van der Waals surface area contributed by atoms with E-state index in [0.29, 0.717) is 12.1 Å². The van der Waals surface area contributed by atoms with Crippen molar-refractivity contribution in [3.05, 3.63) is 54.2 Å². The topological polar surface area (TPSA) is 54.0 Å². The maximum atomic E-state index is 12.0. The molecule has 0 aliphatic rings. The monoisotopic (exact) mass is 387 g/mol. The van der Waals surface area contributed by atoms with Crippen LogP contribution in [0.5, 0.6) is 0 Å². The maximum Gasteiger partial charge on any atom is 0.251 e. The van der Waals surface area contributed by atoms with Gasteiger partial charge in [-0.2, -0.15) is 0 Å². The fraction of sp³-hybridized carbons (Fsp3) is 0.294. The number of rotatable bonds is 8. The van der Waals surface area contributed by atoms with Gasteiger partial charge in [0.2, 0.25) is 0 Å². The minimum atomic E-state index is -0.0346. The summed E-state index contributed by atoms with van der Waals surface area (Å²) >= 11 is 1.58. The van der Waals surface area contributed by atoms with Crippen LogP contribution in [-0.2, 0) is 0 Å². The van der Waals surface area contributed by atoms with Crippen molar-refractivity contribution in [2.24, 2.45) is 0 Å². The number of amides is 1. The Morgan fingerprint density at radius 2 is 1.79 bits per heavy atom. The Hall–Kier alpha value is -1.27. The van der Waals surface area contributed by atoms with Gasteiger partial charge >= 0.3 is 0 Å². The second kappa shape index (κ2) is 13.1. The molecule has 0 bridgehead atoms. The van der Waals surface area contributed by atoms with Gasteiger partial charge < -0.3 is 10.6 Å². The van der Waals surface area contributed by atoms with Crippen molar-refractivity contribution in [3.8, 4) is 0 Å². The lowest BCUT2D eigenvalue weighted by molar-refractivity contribution is 0.0954. The molecule has 0 fully saturated rings. The highest BCUT2D eigenvalue weighted by Gasteiger charge is 2.05. The number of nitrogens with zero attached hydrogens (tertiary/aromatic N) is 1. The summed E-state index contributed by atoms with van der Waals surface area (Å²) in [7, 11) is 0. The highest BCUT2D eigenvalue weighted by molar-refractivity contribution is 7.99. The zero-order valence-electron chi connectivity index (χ0n) is 13.5.